The van der Waals surface area contributed by atoms with Crippen molar-refractivity contribution in [2.75, 3.05) is 0 Å². The Hall–Kier alpha value is -1.03. The van der Waals surface area contributed by atoms with Crippen molar-refractivity contribution >= 4 is 21.7 Å². The molecule has 0 heterocycles. The van der Waals surface area contributed by atoms with Crippen molar-refractivity contribution in [3.63, 3.8) is 0 Å². The van der Waals surface area contributed by atoms with Crippen LogP contribution in [0.5, 0.6) is 0 Å². The fourth-order valence-electron chi connectivity index (χ4n) is 2.07. The Labute approximate surface area is 102 Å². The van der Waals surface area contributed by atoms with Crippen molar-refractivity contribution in [3.8, 4) is 0 Å². The van der Waals surface area contributed by atoms with Crippen molar-refractivity contribution in [1.29, 1.82) is 0 Å². The van der Waals surface area contributed by atoms with Crippen LogP contribution in [-0.4, -0.2) is 11.8 Å². The first-order valence-corrected chi connectivity index (χ1v) is 6.17. The average Bonchev–Trinajstić information content (AvgIpc) is 2.26. The smallest absolute Gasteiger partial charge is 0.191 e. The van der Waals surface area contributed by atoms with Gasteiger partial charge in [0.2, 0.25) is 0 Å². The number of halogens is 1. The Morgan fingerprint density at radius 3 is 2.88 bits per heavy atom. The third kappa shape index (κ3) is 2.21. The van der Waals surface area contributed by atoms with Crippen LogP contribution in [0.3, 0.4) is 0 Å². The highest BCUT2D eigenvalue weighted by molar-refractivity contribution is 9.10. The lowest BCUT2D eigenvalue weighted by atomic mass is 9.90. The summed E-state index contributed by atoms with van der Waals surface area (Å²) in [6.07, 6.45) is 3.36. The molecule has 0 aromatic heterocycles. The molecule has 1 unspecified atom stereocenters. The van der Waals surface area contributed by atoms with Crippen LogP contribution in [0.1, 0.15) is 35.2 Å². The minimum Gasteiger partial charge on any atom is -0.292 e. The summed E-state index contributed by atoms with van der Waals surface area (Å²) >= 11 is 3.39. The number of hydrogen-bond donors (Lipinski definition) is 0. The largest absolute Gasteiger partial charge is 0.292 e. The number of ketones is 1. The van der Waals surface area contributed by atoms with Gasteiger partial charge in [0.25, 0.3) is 0 Å². The minimum atomic E-state index is -0.694. The van der Waals surface area contributed by atoms with E-state index in [4.69, 9.17) is 0 Å². The average molecular weight is 282 g/mol. The third-order valence-corrected chi connectivity index (χ3v) is 3.43. The molecule has 0 aliphatic heterocycles. The molecule has 1 aliphatic carbocycles. The topological polar surface area (TPSA) is 46.5 Å². The molecule has 3 nitrogen and oxygen atoms in total. The molecular formula is C12H12BrNO2. The zero-order valence-corrected chi connectivity index (χ0v) is 10.4. The van der Waals surface area contributed by atoms with Crippen LogP contribution in [0.15, 0.2) is 27.8 Å². The van der Waals surface area contributed by atoms with Crippen LogP contribution in [0.4, 0.5) is 0 Å². The van der Waals surface area contributed by atoms with Gasteiger partial charge in [0, 0.05) is 10.0 Å². The van der Waals surface area contributed by atoms with E-state index >= 15 is 0 Å². The number of hydrogen-bond acceptors (Lipinski definition) is 3. The summed E-state index contributed by atoms with van der Waals surface area (Å²) < 4.78 is 0.968. The highest BCUT2D eigenvalue weighted by Gasteiger charge is 2.24. The van der Waals surface area contributed by atoms with Crippen molar-refractivity contribution in [2.24, 2.45) is 5.18 Å². The van der Waals surface area contributed by atoms with Crippen molar-refractivity contribution in [1.82, 2.24) is 0 Å². The molecule has 0 saturated carbocycles. The predicted molar refractivity (Wildman–Crippen MR) is 65.6 cm³/mol. The number of nitrogens with zero attached hydrogens (tertiary/aromatic N) is 1. The Balaban J connectivity index is 2.44. The summed E-state index contributed by atoms with van der Waals surface area (Å²) in [6, 6.07) is 4.88. The van der Waals surface area contributed by atoms with E-state index < -0.39 is 6.04 Å². The number of carbonyl (C=O) groups is 1. The van der Waals surface area contributed by atoms with Crippen molar-refractivity contribution < 1.29 is 4.79 Å². The number of rotatable bonds is 1. The van der Waals surface area contributed by atoms with E-state index in [9.17, 15) is 9.70 Å². The Morgan fingerprint density at radius 1 is 1.31 bits per heavy atom. The molecule has 1 aromatic carbocycles. The van der Waals surface area contributed by atoms with Gasteiger partial charge >= 0.3 is 0 Å². The van der Waals surface area contributed by atoms with E-state index in [1.54, 1.807) is 6.07 Å². The van der Waals surface area contributed by atoms with Crippen LogP contribution in [0.2, 0.25) is 0 Å². The quantitative estimate of drug-likeness (QED) is 0.740. The van der Waals surface area contributed by atoms with E-state index in [0.29, 0.717) is 12.0 Å². The molecule has 0 fully saturated rings. The minimum absolute atomic E-state index is 0.128. The van der Waals surface area contributed by atoms with Gasteiger partial charge in [-0.05, 0) is 43.0 Å². The maximum atomic E-state index is 12.0. The molecule has 0 N–H and O–H groups in total. The molecule has 1 aromatic rings. The lowest BCUT2D eigenvalue weighted by Gasteiger charge is -2.16. The lowest BCUT2D eigenvalue weighted by Crippen LogP contribution is -2.21. The molecule has 0 bridgehead atoms. The van der Waals surface area contributed by atoms with Gasteiger partial charge in [0.1, 0.15) is 0 Å². The van der Waals surface area contributed by atoms with Gasteiger partial charge in [-0.2, -0.15) is 4.91 Å². The summed E-state index contributed by atoms with van der Waals surface area (Å²) in [4.78, 5) is 22.7. The van der Waals surface area contributed by atoms with Crippen molar-refractivity contribution in [2.45, 2.75) is 31.7 Å². The Kier molecular flexibility index (Phi) is 3.49. The van der Waals surface area contributed by atoms with Crippen LogP contribution in [0.25, 0.3) is 0 Å². The van der Waals surface area contributed by atoms with Gasteiger partial charge in [0.15, 0.2) is 11.8 Å². The second-order valence-electron chi connectivity index (χ2n) is 4.03. The number of aryl methyl sites for hydroxylation is 1. The normalized spacial score (nSPS) is 20.8. The Bertz CT molecular complexity index is 431. The van der Waals surface area contributed by atoms with Crippen LogP contribution in [-0.2, 0) is 6.42 Å². The molecule has 16 heavy (non-hydrogen) atoms. The molecule has 0 saturated heterocycles. The molecule has 84 valence electrons. The van der Waals surface area contributed by atoms with Gasteiger partial charge in [0.05, 0.1) is 0 Å². The SMILES string of the molecule is O=NC1CCCCc2cc(Br)ccc2C1=O. The number of benzene rings is 1. The van der Waals surface area contributed by atoms with Crippen molar-refractivity contribution in [3.05, 3.63) is 38.7 Å². The first-order valence-electron chi connectivity index (χ1n) is 5.37. The maximum absolute atomic E-state index is 12.0. The zero-order valence-electron chi connectivity index (χ0n) is 8.78. The molecule has 2 rings (SSSR count). The highest BCUT2D eigenvalue weighted by atomic mass is 79.9. The number of fused-ring (bicyclic) bond motifs is 1. The molecule has 0 radical (unpaired) electrons. The third-order valence-electron chi connectivity index (χ3n) is 2.94. The summed E-state index contributed by atoms with van der Waals surface area (Å²) in [5.74, 6) is -0.128. The lowest BCUT2D eigenvalue weighted by molar-refractivity contribution is 0.0953. The van der Waals surface area contributed by atoms with Crippen LogP contribution in [0, 0.1) is 4.91 Å². The molecule has 4 heteroatoms. The predicted octanol–water partition coefficient (Wildman–Crippen LogP) is 3.49. The van der Waals surface area contributed by atoms with E-state index in [0.717, 1.165) is 29.3 Å². The van der Waals surface area contributed by atoms with Crippen LogP contribution >= 0.6 is 15.9 Å². The van der Waals surface area contributed by atoms with Gasteiger partial charge < -0.3 is 0 Å². The van der Waals surface area contributed by atoms with E-state index in [2.05, 4.69) is 21.1 Å². The summed E-state index contributed by atoms with van der Waals surface area (Å²) in [7, 11) is 0. The molecule has 0 amide bonds. The fraction of sp³-hybridized carbons (Fsp3) is 0.417. The van der Waals surface area contributed by atoms with Gasteiger partial charge in [-0.1, -0.05) is 27.5 Å². The first kappa shape index (κ1) is 11.5. The fourth-order valence-corrected chi connectivity index (χ4v) is 2.48. The van der Waals surface area contributed by atoms with Crippen LogP contribution < -0.4 is 0 Å². The molecular weight excluding hydrogens is 270 g/mol. The Morgan fingerprint density at radius 2 is 2.12 bits per heavy atom. The number of carbonyl (C=O) groups excluding carboxylic acids is 1. The number of nitroso groups, excluding NO2 is 1. The summed E-state index contributed by atoms with van der Waals surface area (Å²) in [5, 5.41) is 2.94. The summed E-state index contributed by atoms with van der Waals surface area (Å²) in [5.41, 5.74) is 1.68. The van der Waals surface area contributed by atoms with Gasteiger partial charge in [-0.25, -0.2) is 0 Å². The highest BCUT2D eigenvalue weighted by Crippen LogP contribution is 2.24. The maximum Gasteiger partial charge on any atom is 0.191 e. The second kappa shape index (κ2) is 4.87. The zero-order chi connectivity index (χ0) is 11.5. The standard InChI is InChI=1S/C12H12BrNO2/c13-9-5-6-10-8(7-9)3-1-2-4-11(14-16)12(10)15/h5-7,11H,1-4H2. The van der Waals surface area contributed by atoms with Gasteiger partial charge in [-0.15, -0.1) is 0 Å². The van der Waals surface area contributed by atoms with E-state index in [1.807, 2.05) is 12.1 Å². The number of Topliss-reactive ketones (excluding diaryl/α,β-unsaturated/α-hetero) is 1. The molecule has 1 atom stereocenters. The van der Waals surface area contributed by atoms with Gasteiger partial charge in [-0.3, -0.25) is 4.79 Å². The van der Waals surface area contributed by atoms with E-state index in [1.165, 1.54) is 0 Å². The first-order chi connectivity index (χ1) is 7.72. The molecule has 0 spiro atoms. The summed E-state index contributed by atoms with van der Waals surface area (Å²) in [6.45, 7) is 0. The molecule has 1 aliphatic rings. The monoisotopic (exact) mass is 281 g/mol. The second-order valence-corrected chi connectivity index (χ2v) is 4.95. The van der Waals surface area contributed by atoms with E-state index in [-0.39, 0.29) is 5.78 Å².